The van der Waals surface area contributed by atoms with E-state index in [1.165, 1.54) is 19.4 Å². The van der Waals surface area contributed by atoms with Crippen molar-refractivity contribution in [3.05, 3.63) is 28.7 Å². The van der Waals surface area contributed by atoms with Gasteiger partial charge >= 0.3 is 0 Å². The molecule has 1 amide bonds. The summed E-state index contributed by atoms with van der Waals surface area (Å²) < 4.78 is 1.06. The first kappa shape index (κ1) is 18.8. The van der Waals surface area contributed by atoms with E-state index in [0.29, 0.717) is 6.04 Å². The molecule has 0 radical (unpaired) electrons. The molecule has 0 spiro atoms. The normalized spacial score (nSPS) is 17.9. The van der Waals surface area contributed by atoms with Crippen LogP contribution in [0.15, 0.2) is 33.6 Å². The zero-order valence-corrected chi connectivity index (χ0v) is 16.5. The molecular formula is C18H27BrN2OS. The van der Waals surface area contributed by atoms with Crippen LogP contribution in [0.1, 0.15) is 39.5 Å². The number of hydrogen-bond donors (Lipinski definition) is 1. The Hall–Kier alpha value is -0.520. The molecule has 1 aromatic carbocycles. The Bertz CT molecular complexity index is 486. The first-order valence-corrected chi connectivity index (χ1v) is 10.2. The maximum Gasteiger partial charge on any atom is 0.233 e. The van der Waals surface area contributed by atoms with Crippen LogP contribution >= 0.6 is 27.7 Å². The number of carbonyl (C=O) groups is 1. The number of nitrogens with zero attached hydrogens (tertiary/aromatic N) is 1. The van der Waals surface area contributed by atoms with E-state index >= 15 is 0 Å². The van der Waals surface area contributed by atoms with Crippen LogP contribution in [-0.2, 0) is 4.79 Å². The number of thioether (sulfide) groups is 1. The number of amides is 1. The number of hydrogen-bond acceptors (Lipinski definition) is 3. The number of nitrogens with one attached hydrogen (secondary N) is 1. The lowest BCUT2D eigenvalue weighted by Crippen LogP contribution is -2.46. The van der Waals surface area contributed by atoms with Gasteiger partial charge in [0.2, 0.25) is 5.91 Å². The lowest BCUT2D eigenvalue weighted by Gasteiger charge is -2.32. The molecule has 1 aromatic rings. The molecular weight excluding hydrogens is 372 g/mol. The lowest BCUT2D eigenvalue weighted by molar-refractivity contribution is -0.121. The summed E-state index contributed by atoms with van der Waals surface area (Å²) in [7, 11) is 0. The molecule has 3 nitrogen and oxygen atoms in total. The first-order chi connectivity index (χ1) is 11.1. The van der Waals surface area contributed by atoms with Crippen molar-refractivity contribution in [1.82, 2.24) is 10.2 Å². The number of piperidine rings is 1. The van der Waals surface area contributed by atoms with Crippen molar-refractivity contribution in [1.29, 1.82) is 0 Å². The Labute approximate surface area is 152 Å². The highest BCUT2D eigenvalue weighted by Crippen LogP contribution is 2.25. The Morgan fingerprint density at radius 2 is 2.00 bits per heavy atom. The predicted octanol–water partition coefficient (Wildman–Crippen LogP) is 4.31. The Morgan fingerprint density at radius 1 is 1.35 bits per heavy atom. The highest BCUT2D eigenvalue weighted by atomic mass is 79.9. The zero-order valence-electron chi connectivity index (χ0n) is 14.1. The molecule has 0 aliphatic carbocycles. The third kappa shape index (κ3) is 6.48. The minimum Gasteiger partial charge on any atom is -0.352 e. The van der Waals surface area contributed by atoms with Crippen LogP contribution in [0, 0.1) is 0 Å². The molecule has 0 bridgehead atoms. The number of rotatable bonds is 7. The van der Waals surface area contributed by atoms with E-state index in [-0.39, 0.29) is 11.2 Å². The quantitative estimate of drug-likeness (QED) is 0.694. The topological polar surface area (TPSA) is 32.3 Å². The molecule has 1 atom stereocenters. The Balaban J connectivity index is 1.73. The maximum atomic E-state index is 12.4. The van der Waals surface area contributed by atoms with Gasteiger partial charge in [0.1, 0.15) is 0 Å². The van der Waals surface area contributed by atoms with Crippen LogP contribution in [-0.4, -0.2) is 41.7 Å². The van der Waals surface area contributed by atoms with Crippen molar-refractivity contribution in [2.24, 2.45) is 0 Å². The van der Waals surface area contributed by atoms with Crippen LogP contribution < -0.4 is 5.32 Å². The third-order valence-electron chi connectivity index (χ3n) is 4.26. The third-order valence-corrected chi connectivity index (χ3v) is 5.90. The van der Waals surface area contributed by atoms with E-state index in [4.69, 9.17) is 0 Å². The van der Waals surface area contributed by atoms with Crippen molar-refractivity contribution >= 4 is 33.6 Å². The van der Waals surface area contributed by atoms with Crippen LogP contribution in [0.3, 0.4) is 0 Å². The monoisotopic (exact) mass is 398 g/mol. The molecule has 2 rings (SSSR count). The smallest absolute Gasteiger partial charge is 0.233 e. The van der Waals surface area contributed by atoms with Gasteiger partial charge in [0.15, 0.2) is 0 Å². The van der Waals surface area contributed by atoms with Crippen molar-refractivity contribution in [3.8, 4) is 0 Å². The second-order valence-electron chi connectivity index (χ2n) is 6.19. The SMILES string of the molecule is CCCCN1CCC(NC(=O)[C@@H](C)Sc2ccc(Br)cc2)CC1. The minimum absolute atomic E-state index is 0.0608. The fourth-order valence-electron chi connectivity index (χ4n) is 2.77. The maximum absolute atomic E-state index is 12.4. The summed E-state index contributed by atoms with van der Waals surface area (Å²) in [5, 5.41) is 3.17. The molecule has 0 aromatic heterocycles. The van der Waals surface area contributed by atoms with Crippen molar-refractivity contribution in [3.63, 3.8) is 0 Å². The summed E-state index contributed by atoms with van der Waals surface area (Å²) in [6.07, 6.45) is 4.68. The molecule has 1 saturated heterocycles. The number of carbonyl (C=O) groups excluding carboxylic acids is 1. The molecule has 23 heavy (non-hydrogen) atoms. The van der Waals surface area contributed by atoms with Crippen LogP contribution in [0.25, 0.3) is 0 Å². The van der Waals surface area contributed by atoms with Gasteiger partial charge in [-0.2, -0.15) is 0 Å². The number of benzene rings is 1. The molecule has 1 aliphatic rings. The minimum atomic E-state index is -0.0608. The summed E-state index contributed by atoms with van der Waals surface area (Å²) in [4.78, 5) is 16.0. The van der Waals surface area contributed by atoms with Crippen molar-refractivity contribution in [2.75, 3.05) is 19.6 Å². The summed E-state index contributed by atoms with van der Waals surface area (Å²) in [5.41, 5.74) is 0. The standard InChI is InChI=1S/C18H27BrN2OS/c1-3-4-11-21-12-9-16(10-13-21)20-18(22)14(2)23-17-7-5-15(19)6-8-17/h5-8,14,16H,3-4,9-13H2,1-2H3,(H,20,22)/t14-/m1/s1. The van der Waals surface area contributed by atoms with Gasteiger partial charge in [-0.3, -0.25) is 4.79 Å². The van der Waals surface area contributed by atoms with Crippen LogP contribution in [0.5, 0.6) is 0 Å². The fourth-order valence-corrected chi connectivity index (χ4v) is 3.91. The number of likely N-dealkylation sites (tertiary alicyclic amines) is 1. The molecule has 128 valence electrons. The van der Waals surface area contributed by atoms with Gasteiger partial charge in [-0.05, 0) is 57.0 Å². The lowest BCUT2D eigenvalue weighted by atomic mass is 10.0. The number of halogens is 1. The van der Waals surface area contributed by atoms with Crippen molar-refractivity contribution in [2.45, 2.75) is 55.7 Å². The van der Waals surface area contributed by atoms with E-state index in [1.54, 1.807) is 11.8 Å². The van der Waals surface area contributed by atoms with Gasteiger partial charge in [0, 0.05) is 28.5 Å². The molecule has 1 N–H and O–H groups in total. The highest BCUT2D eigenvalue weighted by molar-refractivity contribution is 9.10. The molecule has 1 fully saturated rings. The van der Waals surface area contributed by atoms with E-state index in [0.717, 1.165) is 35.3 Å². The van der Waals surface area contributed by atoms with Gasteiger partial charge in [-0.15, -0.1) is 11.8 Å². The average molecular weight is 399 g/mol. The summed E-state index contributed by atoms with van der Waals surface area (Å²) in [6.45, 7) is 7.64. The second kappa shape index (κ2) is 9.70. The second-order valence-corrected chi connectivity index (χ2v) is 8.52. The molecule has 0 unspecified atom stereocenters. The largest absolute Gasteiger partial charge is 0.352 e. The Kier molecular flexibility index (Phi) is 7.93. The van der Waals surface area contributed by atoms with Gasteiger partial charge in [0.25, 0.3) is 0 Å². The van der Waals surface area contributed by atoms with Crippen molar-refractivity contribution < 1.29 is 4.79 Å². The van der Waals surface area contributed by atoms with Gasteiger partial charge < -0.3 is 10.2 Å². The predicted molar refractivity (Wildman–Crippen MR) is 102 cm³/mol. The van der Waals surface area contributed by atoms with E-state index in [1.807, 2.05) is 31.2 Å². The first-order valence-electron chi connectivity index (χ1n) is 8.53. The summed E-state index contributed by atoms with van der Waals surface area (Å²) in [5.74, 6) is 0.157. The summed E-state index contributed by atoms with van der Waals surface area (Å²) >= 11 is 5.05. The Morgan fingerprint density at radius 3 is 2.61 bits per heavy atom. The molecule has 1 aliphatic heterocycles. The van der Waals surface area contributed by atoms with Crippen LogP contribution in [0.4, 0.5) is 0 Å². The van der Waals surface area contributed by atoms with Gasteiger partial charge in [-0.1, -0.05) is 29.3 Å². The van der Waals surface area contributed by atoms with Gasteiger partial charge in [0.05, 0.1) is 5.25 Å². The van der Waals surface area contributed by atoms with E-state index in [9.17, 15) is 4.79 Å². The highest BCUT2D eigenvalue weighted by Gasteiger charge is 2.22. The van der Waals surface area contributed by atoms with Gasteiger partial charge in [-0.25, -0.2) is 0 Å². The fraction of sp³-hybridized carbons (Fsp3) is 0.611. The van der Waals surface area contributed by atoms with E-state index in [2.05, 4.69) is 33.1 Å². The average Bonchev–Trinajstić information content (AvgIpc) is 2.56. The molecule has 1 heterocycles. The summed E-state index contributed by atoms with van der Waals surface area (Å²) in [6, 6.07) is 8.46. The van der Waals surface area contributed by atoms with E-state index < -0.39 is 0 Å². The molecule has 5 heteroatoms. The van der Waals surface area contributed by atoms with Crippen LogP contribution in [0.2, 0.25) is 0 Å². The number of unbranched alkanes of at least 4 members (excludes halogenated alkanes) is 1. The zero-order chi connectivity index (χ0) is 16.7. The molecule has 0 saturated carbocycles.